The first kappa shape index (κ1) is 19.4. The highest BCUT2D eigenvalue weighted by Crippen LogP contribution is 2.20. The summed E-state index contributed by atoms with van der Waals surface area (Å²) >= 11 is 11.3. The summed E-state index contributed by atoms with van der Waals surface area (Å²) in [6.45, 7) is 1.27. The zero-order valence-corrected chi connectivity index (χ0v) is 16.2. The monoisotopic (exact) mass is 419 g/mol. The lowest BCUT2D eigenvalue weighted by atomic mass is 9.98. The molecule has 0 radical (unpaired) electrons. The van der Waals surface area contributed by atoms with Crippen molar-refractivity contribution in [3.8, 4) is 11.4 Å². The lowest BCUT2D eigenvalue weighted by molar-refractivity contribution is 0.0187. The van der Waals surface area contributed by atoms with Gasteiger partial charge in [0.05, 0.1) is 30.1 Å². The van der Waals surface area contributed by atoms with Crippen LogP contribution in [0.5, 0.6) is 5.75 Å². The van der Waals surface area contributed by atoms with Gasteiger partial charge in [-0.1, -0.05) is 11.6 Å². The van der Waals surface area contributed by atoms with Crippen LogP contribution in [0.3, 0.4) is 0 Å². The minimum Gasteiger partial charge on any atom is -0.493 e. The summed E-state index contributed by atoms with van der Waals surface area (Å²) in [7, 11) is -3.49. The first-order valence-electron chi connectivity index (χ1n) is 8.04. The van der Waals surface area contributed by atoms with E-state index in [-0.39, 0.29) is 12.0 Å². The van der Waals surface area contributed by atoms with Gasteiger partial charge in [-0.15, -0.1) is 11.6 Å². The molecule has 2 atom stereocenters. The number of rotatable bonds is 7. The molecule has 2 heterocycles. The van der Waals surface area contributed by atoms with E-state index < -0.39 is 15.2 Å². The summed E-state index contributed by atoms with van der Waals surface area (Å²) in [5.74, 6) is 0.586. The predicted molar refractivity (Wildman–Crippen MR) is 99.6 cm³/mol. The number of nitrogens with zero attached hydrogens (tertiary/aromatic N) is 2. The molecule has 1 aliphatic rings. The van der Waals surface area contributed by atoms with E-state index in [1.807, 2.05) is 24.3 Å². The summed E-state index contributed by atoms with van der Waals surface area (Å²) in [5, 5.41) is 4.24. The first-order valence-corrected chi connectivity index (χ1v) is 10.6. The second-order valence-corrected chi connectivity index (χ2v) is 8.75. The van der Waals surface area contributed by atoms with Crippen LogP contribution in [-0.4, -0.2) is 49.3 Å². The van der Waals surface area contributed by atoms with E-state index in [0.29, 0.717) is 37.0 Å². The molecule has 1 saturated heterocycles. The number of hydrogen-bond acceptors (Lipinski definition) is 5. The van der Waals surface area contributed by atoms with Gasteiger partial charge in [0.1, 0.15) is 11.0 Å². The van der Waals surface area contributed by atoms with E-state index in [9.17, 15) is 8.42 Å². The molecule has 0 spiro atoms. The van der Waals surface area contributed by atoms with Crippen molar-refractivity contribution in [3.05, 3.63) is 41.7 Å². The molecule has 1 aliphatic heterocycles. The minimum absolute atomic E-state index is 0.0914. The maximum Gasteiger partial charge on any atom is 0.225 e. The van der Waals surface area contributed by atoms with E-state index in [2.05, 4.69) is 9.82 Å². The maximum absolute atomic E-state index is 11.7. The van der Waals surface area contributed by atoms with Crippen molar-refractivity contribution in [1.82, 2.24) is 14.5 Å². The van der Waals surface area contributed by atoms with Crippen molar-refractivity contribution in [2.24, 2.45) is 5.92 Å². The lowest BCUT2D eigenvalue weighted by Crippen LogP contribution is -2.47. The molecule has 0 saturated carbocycles. The summed E-state index contributed by atoms with van der Waals surface area (Å²) in [6.07, 6.45) is 3.87. The van der Waals surface area contributed by atoms with Gasteiger partial charge in [0, 0.05) is 24.8 Å². The molecule has 0 aliphatic carbocycles. The van der Waals surface area contributed by atoms with Gasteiger partial charge in [0.25, 0.3) is 0 Å². The molecule has 0 amide bonds. The molecule has 7 nitrogen and oxygen atoms in total. The zero-order valence-electron chi connectivity index (χ0n) is 13.8. The first-order chi connectivity index (χ1) is 12.5. The third-order valence-electron chi connectivity index (χ3n) is 4.07. The van der Waals surface area contributed by atoms with Crippen LogP contribution >= 0.6 is 23.2 Å². The third kappa shape index (κ3) is 5.11. The molecule has 1 fully saturated rings. The van der Waals surface area contributed by atoms with Crippen molar-refractivity contribution >= 4 is 33.2 Å². The average Bonchev–Trinajstić information content (AvgIpc) is 3.07. The maximum atomic E-state index is 11.7. The quantitative estimate of drug-likeness (QED) is 0.696. The van der Waals surface area contributed by atoms with Crippen molar-refractivity contribution in [3.63, 3.8) is 0 Å². The Bertz CT molecular complexity index is 826. The Morgan fingerprint density at radius 3 is 2.77 bits per heavy atom. The molecule has 3 rings (SSSR count). The SMILES string of the molecule is O=S(=O)(CCl)N[C@H]1CCOC[C@@H]1COc1ccc(-n2cc(Cl)cn2)cc1. The van der Waals surface area contributed by atoms with E-state index in [0.717, 1.165) is 5.69 Å². The molecular formula is C16H19Cl2N3O4S. The van der Waals surface area contributed by atoms with Crippen molar-refractivity contribution < 1.29 is 17.9 Å². The third-order valence-corrected chi connectivity index (χ3v) is 6.07. The van der Waals surface area contributed by atoms with E-state index in [4.69, 9.17) is 32.7 Å². The molecule has 1 aromatic heterocycles. The topological polar surface area (TPSA) is 82.5 Å². The van der Waals surface area contributed by atoms with Gasteiger partial charge in [-0.25, -0.2) is 17.8 Å². The fourth-order valence-electron chi connectivity index (χ4n) is 2.72. The molecular weight excluding hydrogens is 401 g/mol. The van der Waals surface area contributed by atoms with E-state index in [1.165, 1.54) is 0 Å². The van der Waals surface area contributed by atoms with Gasteiger partial charge in [-0.05, 0) is 30.7 Å². The highest BCUT2D eigenvalue weighted by molar-refractivity contribution is 7.90. The average molecular weight is 420 g/mol. The fourth-order valence-corrected chi connectivity index (χ4v) is 3.88. The summed E-state index contributed by atoms with van der Waals surface area (Å²) in [4.78, 5) is 0. The van der Waals surface area contributed by atoms with Crippen LogP contribution in [0.15, 0.2) is 36.7 Å². The fraction of sp³-hybridized carbons (Fsp3) is 0.438. The van der Waals surface area contributed by atoms with Gasteiger partial charge in [0.2, 0.25) is 10.0 Å². The standard InChI is InChI=1S/C16H19Cl2N3O4S/c17-11-26(22,23)20-16-5-6-24-9-12(16)10-25-15-3-1-14(2-4-15)21-8-13(18)7-19-21/h1-4,7-8,12,16,20H,5-6,9-11H2/t12-,16+/m1/s1. The van der Waals surface area contributed by atoms with Gasteiger partial charge in [-0.3, -0.25) is 0 Å². The minimum atomic E-state index is -3.49. The number of hydrogen-bond donors (Lipinski definition) is 1. The Labute approximate surface area is 162 Å². The largest absolute Gasteiger partial charge is 0.493 e. The highest BCUT2D eigenvalue weighted by atomic mass is 35.5. The molecule has 0 unspecified atom stereocenters. The van der Waals surface area contributed by atoms with Crippen LogP contribution in [0.25, 0.3) is 5.69 Å². The van der Waals surface area contributed by atoms with Gasteiger partial charge in [0.15, 0.2) is 0 Å². The smallest absolute Gasteiger partial charge is 0.225 e. The van der Waals surface area contributed by atoms with Crippen molar-refractivity contribution in [1.29, 1.82) is 0 Å². The zero-order chi connectivity index (χ0) is 18.6. The van der Waals surface area contributed by atoms with Crippen LogP contribution in [0.4, 0.5) is 0 Å². The van der Waals surface area contributed by atoms with Gasteiger partial charge >= 0.3 is 0 Å². The van der Waals surface area contributed by atoms with Crippen molar-refractivity contribution in [2.45, 2.75) is 12.5 Å². The number of alkyl halides is 1. The Hall–Kier alpha value is -1.32. The normalized spacial score (nSPS) is 20.8. The summed E-state index contributed by atoms with van der Waals surface area (Å²) < 4.78 is 39.0. The Morgan fingerprint density at radius 1 is 1.35 bits per heavy atom. The molecule has 1 N–H and O–H groups in total. The molecule has 26 heavy (non-hydrogen) atoms. The van der Waals surface area contributed by atoms with Crippen LogP contribution < -0.4 is 9.46 Å². The second-order valence-electron chi connectivity index (χ2n) is 5.98. The van der Waals surface area contributed by atoms with Gasteiger partial charge < -0.3 is 9.47 Å². The number of halogens is 2. The number of nitrogens with one attached hydrogen (secondary N) is 1. The molecule has 0 bridgehead atoms. The van der Waals surface area contributed by atoms with Gasteiger partial charge in [-0.2, -0.15) is 5.10 Å². The van der Waals surface area contributed by atoms with Crippen LogP contribution in [-0.2, 0) is 14.8 Å². The molecule has 1 aromatic carbocycles. The lowest BCUT2D eigenvalue weighted by Gasteiger charge is -2.31. The van der Waals surface area contributed by atoms with Crippen LogP contribution in [0.2, 0.25) is 5.02 Å². The highest BCUT2D eigenvalue weighted by Gasteiger charge is 2.29. The molecule has 142 valence electrons. The number of sulfonamides is 1. The van der Waals surface area contributed by atoms with Crippen LogP contribution in [0, 0.1) is 5.92 Å². The number of aromatic nitrogens is 2. The molecule has 2 aromatic rings. The van der Waals surface area contributed by atoms with Crippen LogP contribution in [0.1, 0.15) is 6.42 Å². The predicted octanol–water partition coefficient (Wildman–Crippen LogP) is 2.43. The Balaban J connectivity index is 1.60. The number of benzene rings is 1. The van der Waals surface area contributed by atoms with Crippen molar-refractivity contribution in [2.75, 3.05) is 25.0 Å². The van der Waals surface area contributed by atoms with E-state index >= 15 is 0 Å². The molecule has 10 heteroatoms. The second kappa shape index (κ2) is 8.58. The summed E-state index contributed by atoms with van der Waals surface area (Å²) in [5.41, 5.74) is 0.859. The number of ether oxygens (including phenoxy) is 2. The Morgan fingerprint density at radius 2 is 2.12 bits per heavy atom. The summed E-state index contributed by atoms with van der Waals surface area (Å²) in [6, 6.07) is 7.13. The Kier molecular flexibility index (Phi) is 6.42. The van der Waals surface area contributed by atoms with E-state index in [1.54, 1.807) is 17.1 Å².